The molecule has 0 amide bonds. The molecular formula is C50H82NO9P. The number of allylic oxidation sites excluding steroid dienone is 17. The number of carboxylic acid groups (broad SMARTS) is 1. The van der Waals surface area contributed by atoms with Crippen molar-refractivity contribution in [1.82, 2.24) is 0 Å². The van der Waals surface area contributed by atoms with Crippen LogP contribution in [0.1, 0.15) is 155 Å². The van der Waals surface area contributed by atoms with Gasteiger partial charge in [0.15, 0.2) is 0 Å². The number of nitrogens with two attached hydrogens (primary N) is 1. The van der Waals surface area contributed by atoms with E-state index in [1.807, 2.05) is 12.2 Å². The smallest absolute Gasteiger partial charge is 0.472 e. The Bertz CT molecular complexity index is 1380. The number of rotatable bonds is 42. The van der Waals surface area contributed by atoms with Crippen molar-refractivity contribution >= 4 is 19.8 Å². The van der Waals surface area contributed by atoms with Gasteiger partial charge in [0.1, 0.15) is 12.1 Å². The third kappa shape index (κ3) is 44.5. The van der Waals surface area contributed by atoms with Crippen molar-refractivity contribution in [2.24, 2.45) is 5.73 Å². The maximum atomic E-state index is 12.7. The second kappa shape index (κ2) is 44.7. The monoisotopic (exact) mass is 872 g/mol. The summed E-state index contributed by atoms with van der Waals surface area (Å²) in [6, 6.07) is -1.49. The molecule has 0 aromatic carbocycles. The minimum Gasteiger partial charge on any atom is -0.480 e. The van der Waals surface area contributed by atoms with Crippen LogP contribution >= 0.6 is 7.82 Å². The van der Waals surface area contributed by atoms with Crippen LogP contribution in [0.3, 0.4) is 0 Å². The second-order valence-electron chi connectivity index (χ2n) is 14.8. The van der Waals surface area contributed by atoms with Crippen molar-refractivity contribution < 1.29 is 42.7 Å². The van der Waals surface area contributed by atoms with Crippen LogP contribution in [0.15, 0.2) is 109 Å². The van der Waals surface area contributed by atoms with Gasteiger partial charge >= 0.3 is 19.8 Å². The number of aliphatic carboxylic acids is 1. The quantitative estimate of drug-likeness (QED) is 0.0234. The molecule has 0 radical (unpaired) electrons. The van der Waals surface area contributed by atoms with Crippen LogP contribution in [0.4, 0.5) is 0 Å². The molecule has 0 spiro atoms. The molecule has 4 N–H and O–H groups in total. The lowest BCUT2D eigenvalue weighted by atomic mass is 10.0. The zero-order valence-corrected chi connectivity index (χ0v) is 38.6. The molecule has 0 saturated heterocycles. The molecule has 0 aliphatic heterocycles. The van der Waals surface area contributed by atoms with E-state index in [9.17, 15) is 19.0 Å². The predicted molar refractivity (Wildman–Crippen MR) is 253 cm³/mol. The van der Waals surface area contributed by atoms with Gasteiger partial charge in [0.25, 0.3) is 0 Å². The summed E-state index contributed by atoms with van der Waals surface area (Å²) in [6.07, 6.45) is 60.2. The Morgan fingerprint density at radius 3 is 1.34 bits per heavy atom. The summed E-state index contributed by atoms with van der Waals surface area (Å²) in [4.78, 5) is 33.6. The number of hydrogen-bond acceptors (Lipinski definition) is 8. The molecule has 0 heterocycles. The van der Waals surface area contributed by atoms with E-state index in [4.69, 9.17) is 29.4 Å². The summed E-state index contributed by atoms with van der Waals surface area (Å²) < 4.78 is 33.3. The Labute approximate surface area is 370 Å². The van der Waals surface area contributed by atoms with E-state index < -0.39 is 45.1 Å². The summed E-state index contributed by atoms with van der Waals surface area (Å²) in [5.41, 5.74) is 5.35. The highest BCUT2D eigenvalue weighted by Crippen LogP contribution is 2.43. The first-order chi connectivity index (χ1) is 29.7. The molecule has 0 rings (SSSR count). The third-order valence-corrected chi connectivity index (χ3v) is 10.0. The molecule has 10 nitrogen and oxygen atoms in total. The predicted octanol–water partition coefficient (Wildman–Crippen LogP) is 13.1. The SMILES string of the molecule is CC/C=C\C/C=C\C/C=C\C/C=C\C/C=C\CCOCC(COP(=O)(O)OCC(N)C(=O)O)OC(=O)CCCCCCCCCCCC/C=C\C/C=C\C/C=C\C/C=C\CC. The molecule has 0 fully saturated rings. The van der Waals surface area contributed by atoms with Gasteiger partial charge < -0.3 is 25.2 Å². The lowest BCUT2D eigenvalue weighted by molar-refractivity contribution is -0.154. The van der Waals surface area contributed by atoms with Crippen LogP contribution in [-0.4, -0.2) is 60.5 Å². The zero-order chi connectivity index (χ0) is 44.8. The number of esters is 1. The fourth-order valence-electron chi connectivity index (χ4n) is 5.60. The van der Waals surface area contributed by atoms with E-state index in [0.29, 0.717) is 19.4 Å². The number of hydrogen-bond donors (Lipinski definition) is 3. The number of unbranched alkanes of at least 4 members (excludes halogenated alkanes) is 10. The highest BCUT2D eigenvalue weighted by molar-refractivity contribution is 7.47. The number of phosphoric acid groups is 1. The van der Waals surface area contributed by atoms with Gasteiger partial charge in [-0.2, -0.15) is 0 Å². The van der Waals surface area contributed by atoms with Crippen LogP contribution in [0.5, 0.6) is 0 Å². The Balaban J connectivity index is 4.30. The zero-order valence-electron chi connectivity index (χ0n) is 37.7. The summed E-state index contributed by atoms with van der Waals surface area (Å²) in [7, 11) is -4.65. The van der Waals surface area contributed by atoms with Crippen molar-refractivity contribution in [1.29, 1.82) is 0 Å². The first-order valence-electron chi connectivity index (χ1n) is 22.9. The van der Waals surface area contributed by atoms with Gasteiger partial charge in [-0.15, -0.1) is 0 Å². The summed E-state index contributed by atoms with van der Waals surface area (Å²) in [6.45, 7) is 3.41. The number of carboxylic acids is 1. The van der Waals surface area contributed by atoms with Gasteiger partial charge in [0, 0.05) is 6.42 Å². The van der Waals surface area contributed by atoms with Crippen molar-refractivity contribution in [3.05, 3.63) is 109 Å². The summed E-state index contributed by atoms with van der Waals surface area (Å²) in [5, 5.41) is 8.91. The summed E-state index contributed by atoms with van der Waals surface area (Å²) in [5.74, 6) is -1.82. The molecule has 0 saturated carbocycles. The van der Waals surface area contributed by atoms with Gasteiger partial charge in [0.05, 0.1) is 26.4 Å². The molecule has 346 valence electrons. The van der Waals surface area contributed by atoms with Gasteiger partial charge in [-0.25, -0.2) is 4.57 Å². The van der Waals surface area contributed by atoms with Crippen LogP contribution in [0, 0.1) is 0 Å². The number of ether oxygens (including phenoxy) is 2. The Morgan fingerprint density at radius 2 is 0.902 bits per heavy atom. The van der Waals surface area contributed by atoms with E-state index in [2.05, 4.69) is 111 Å². The standard InChI is InChI=1S/C50H82NO9P/c1-3-5-7-9-11-13-15-17-19-21-22-23-24-25-26-27-28-30-32-34-36-38-40-42-49(52)60-47(45-58-61(55,56)59-46-48(51)50(53)54)44-57-43-41-39-37-35-33-31-29-20-18-16-14-12-10-8-6-4-2/h5-8,11-14,17-20,22-23,31,33,37,39,47-48H,3-4,9-10,15-16,21,24-30,32,34-36,38,40-46,51H2,1-2H3,(H,53,54)(H,55,56)/b7-5-,8-6-,13-11-,14-12-,19-17-,20-18-,23-22-,33-31-,39-37-. The molecular weight excluding hydrogens is 790 g/mol. The Hall–Kier alpha value is -3.37. The fourth-order valence-corrected chi connectivity index (χ4v) is 6.38. The first-order valence-corrected chi connectivity index (χ1v) is 24.4. The van der Waals surface area contributed by atoms with Crippen molar-refractivity contribution in [2.75, 3.05) is 26.4 Å². The third-order valence-electron chi connectivity index (χ3n) is 9.07. The van der Waals surface area contributed by atoms with Crippen molar-refractivity contribution in [2.45, 2.75) is 167 Å². The maximum absolute atomic E-state index is 12.7. The van der Waals surface area contributed by atoms with Crippen LogP contribution in [0.25, 0.3) is 0 Å². The average Bonchev–Trinajstić information content (AvgIpc) is 3.24. The van der Waals surface area contributed by atoms with Crippen LogP contribution < -0.4 is 5.73 Å². The van der Waals surface area contributed by atoms with Gasteiger partial charge in [-0.3, -0.25) is 18.6 Å². The lowest BCUT2D eigenvalue weighted by Crippen LogP contribution is -2.34. The number of carbonyl (C=O) groups is 2. The Kier molecular flexibility index (Phi) is 42.2. The molecule has 0 aliphatic carbocycles. The molecule has 0 aliphatic rings. The first kappa shape index (κ1) is 57.6. The van der Waals surface area contributed by atoms with Crippen molar-refractivity contribution in [3.8, 4) is 0 Å². The Morgan fingerprint density at radius 1 is 0.525 bits per heavy atom. The largest absolute Gasteiger partial charge is 0.480 e. The molecule has 0 aromatic rings. The molecule has 0 aromatic heterocycles. The highest BCUT2D eigenvalue weighted by Gasteiger charge is 2.27. The van der Waals surface area contributed by atoms with E-state index in [1.165, 1.54) is 38.5 Å². The molecule has 61 heavy (non-hydrogen) atoms. The molecule has 11 heteroatoms. The highest BCUT2D eigenvalue weighted by atomic mass is 31.2. The van der Waals surface area contributed by atoms with Crippen LogP contribution in [-0.2, 0) is 32.7 Å². The molecule has 3 unspecified atom stereocenters. The lowest BCUT2D eigenvalue weighted by Gasteiger charge is -2.20. The van der Waals surface area contributed by atoms with Gasteiger partial charge in [0.2, 0.25) is 0 Å². The van der Waals surface area contributed by atoms with E-state index in [1.54, 1.807) is 0 Å². The molecule has 3 atom stereocenters. The van der Waals surface area contributed by atoms with Gasteiger partial charge in [-0.05, 0) is 83.5 Å². The topological polar surface area (TPSA) is 155 Å². The number of phosphoric ester groups is 1. The maximum Gasteiger partial charge on any atom is 0.472 e. The van der Waals surface area contributed by atoms with Crippen LogP contribution in [0.2, 0.25) is 0 Å². The summed E-state index contributed by atoms with van der Waals surface area (Å²) >= 11 is 0. The van der Waals surface area contributed by atoms with Gasteiger partial charge in [-0.1, -0.05) is 175 Å². The number of carbonyl (C=O) groups excluding carboxylic acids is 1. The molecule has 0 bridgehead atoms. The minimum absolute atomic E-state index is 0.0461. The fraction of sp³-hybridized carbons (Fsp3) is 0.600. The minimum atomic E-state index is -4.65. The van der Waals surface area contributed by atoms with Crippen molar-refractivity contribution in [3.63, 3.8) is 0 Å². The van der Waals surface area contributed by atoms with E-state index in [-0.39, 0.29) is 13.0 Å². The second-order valence-corrected chi connectivity index (χ2v) is 16.2. The van der Waals surface area contributed by atoms with E-state index in [0.717, 1.165) is 83.5 Å². The van der Waals surface area contributed by atoms with E-state index >= 15 is 0 Å². The average molecular weight is 872 g/mol. The normalized spacial score (nSPS) is 14.8.